The summed E-state index contributed by atoms with van der Waals surface area (Å²) < 4.78 is 10.3. The highest BCUT2D eigenvalue weighted by Crippen LogP contribution is 2.36. The van der Waals surface area contributed by atoms with E-state index in [9.17, 15) is 14.4 Å². The molecule has 0 bridgehead atoms. The van der Waals surface area contributed by atoms with E-state index in [1.54, 1.807) is 30.3 Å². The third-order valence-electron chi connectivity index (χ3n) is 4.19. The first kappa shape index (κ1) is 18.7. The highest BCUT2D eigenvalue weighted by atomic mass is 35.5. The molecule has 0 aliphatic carbocycles. The van der Waals surface area contributed by atoms with Crippen LogP contribution < -0.4 is 14.8 Å². The number of nitrogens with one attached hydrogen (secondary N) is 1. The van der Waals surface area contributed by atoms with Gasteiger partial charge in [-0.25, -0.2) is 0 Å². The highest BCUT2D eigenvalue weighted by molar-refractivity contribution is 6.32. The Bertz CT molecular complexity index is 893. The number of hydrogen-bond donors (Lipinski definition) is 1. The van der Waals surface area contributed by atoms with Crippen LogP contribution in [0.3, 0.4) is 0 Å². The Kier molecular flexibility index (Phi) is 5.32. The number of anilines is 1. The van der Waals surface area contributed by atoms with Crippen LogP contribution in [0, 0.1) is 0 Å². The molecule has 27 heavy (non-hydrogen) atoms. The zero-order chi connectivity index (χ0) is 19.6. The van der Waals surface area contributed by atoms with Crippen molar-refractivity contribution in [3.8, 4) is 11.5 Å². The predicted octanol–water partition coefficient (Wildman–Crippen LogP) is 2.98. The van der Waals surface area contributed by atoms with Crippen LogP contribution in [-0.4, -0.2) is 43.4 Å². The zero-order valence-electron chi connectivity index (χ0n) is 14.7. The molecule has 0 saturated carbocycles. The molecule has 1 N–H and O–H groups in total. The van der Waals surface area contributed by atoms with Crippen LogP contribution in [-0.2, 0) is 4.79 Å². The minimum Gasteiger partial charge on any atom is -0.495 e. The summed E-state index contributed by atoms with van der Waals surface area (Å²) in [6, 6.07) is 9.66. The summed E-state index contributed by atoms with van der Waals surface area (Å²) in [5.74, 6) is -0.416. The standard InChI is InChI=1S/C19H17ClN2O5/c1-26-15-10-14(16(27-2)9-13(15)20)21-17(23)7-8-22-18(24)11-5-3-4-6-12(11)19(22)25/h3-6,9-10H,7-8H2,1-2H3,(H,21,23). The van der Waals surface area contributed by atoms with E-state index in [4.69, 9.17) is 21.1 Å². The number of methoxy groups -OCH3 is 2. The molecule has 140 valence electrons. The van der Waals surface area contributed by atoms with Gasteiger partial charge in [-0.05, 0) is 12.1 Å². The summed E-state index contributed by atoms with van der Waals surface area (Å²) in [5.41, 5.74) is 1.09. The summed E-state index contributed by atoms with van der Waals surface area (Å²) in [7, 11) is 2.91. The van der Waals surface area contributed by atoms with Crippen molar-refractivity contribution in [2.75, 3.05) is 26.1 Å². The first-order valence-electron chi connectivity index (χ1n) is 8.13. The zero-order valence-corrected chi connectivity index (χ0v) is 15.5. The maximum atomic E-state index is 12.3. The molecule has 0 unspecified atom stereocenters. The smallest absolute Gasteiger partial charge is 0.261 e. The van der Waals surface area contributed by atoms with Crippen molar-refractivity contribution in [3.63, 3.8) is 0 Å². The average Bonchev–Trinajstić information content (AvgIpc) is 2.92. The number of benzene rings is 2. The molecule has 0 spiro atoms. The lowest BCUT2D eigenvalue weighted by Crippen LogP contribution is -2.32. The SMILES string of the molecule is COc1cc(NC(=O)CCN2C(=O)c3ccccc3C2=O)c(OC)cc1Cl. The van der Waals surface area contributed by atoms with E-state index in [0.29, 0.717) is 33.3 Å². The molecule has 2 aromatic carbocycles. The van der Waals surface area contributed by atoms with Gasteiger partial charge >= 0.3 is 0 Å². The molecule has 0 atom stereocenters. The fourth-order valence-corrected chi connectivity index (χ4v) is 3.06. The number of carbonyl (C=O) groups is 3. The average molecular weight is 389 g/mol. The first-order chi connectivity index (χ1) is 13.0. The molecule has 8 heteroatoms. The Balaban J connectivity index is 1.68. The van der Waals surface area contributed by atoms with Gasteiger partial charge in [-0.2, -0.15) is 0 Å². The van der Waals surface area contributed by atoms with Crippen molar-refractivity contribution in [2.24, 2.45) is 0 Å². The van der Waals surface area contributed by atoms with E-state index in [0.717, 1.165) is 4.90 Å². The van der Waals surface area contributed by atoms with Gasteiger partial charge in [0.25, 0.3) is 11.8 Å². The van der Waals surface area contributed by atoms with E-state index in [-0.39, 0.29) is 18.9 Å². The topological polar surface area (TPSA) is 84.9 Å². The Morgan fingerprint density at radius 3 is 2.19 bits per heavy atom. The Morgan fingerprint density at radius 2 is 1.63 bits per heavy atom. The van der Waals surface area contributed by atoms with E-state index >= 15 is 0 Å². The third-order valence-corrected chi connectivity index (χ3v) is 4.48. The van der Waals surface area contributed by atoms with Crippen LogP contribution in [0.4, 0.5) is 5.69 Å². The molecule has 0 aromatic heterocycles. The normalized spacial score (nSPS) is 12.8. The minimum atomic E-state index is -0.394. The summed E-state index contributed by atoms with van der Waals surface area (Å²) in [6.45, 7) is -0.0226. The summed E-state index contributed by atoms with van der Waals surface area (Å²) >= 11 is 6.04. The lowest BCUT2D eigenvalue weighted by Gasteiger charge is -2.15. The second-order valence-corrected chi connectivity index (χ2v) is 6.20. The van der Waals surface area contributed by atoms with Crippen molar-refractivity contribution in [1.82, 2.24) is 4.90 Å². The van der Waals surface area contributed by atoms with Crippen molar-refractivity contribution in [2.45, 2.75) is 6.42 Å². The molecule has 1 aliphatic rings. The second kappa shape index (κ2) is 7.67. The van der Waals surface area contributed by atoms with Gasteiger partial charge in [0, 0.05) is 25.1 Å². The van der Waals surface area contributed by atoms with Crippen LogP contribution >= 0.6 is 11.6 Å². The molecule has 7 nitrogen and oxygen atoms in total. The fourth-order valence-electron chi connectivity index (χ4n) is 2.83. The molecule has 0 saturated heterocycles. The Morgan fingerprint density at radius 1 is 1.04 bits per heavy atom. The van der Waals surface area contributed by atoms with Gasteiger partial charge in [-0.1, -0.05) is 23.7 Å². The molecule has 1 heterocycles. The minimum absolute atomic E-state index is 0.0226. The van der Waals surface area contributed by atoms with Gasteiger partial charge in [-0.3, -0.25) is 19.3 Å². The summed E-state index contributed by atoms with van der Waals surface area (Å²) in [4.78, 5) is 38.0. The molecule has 0 radical (unpaired) electrons. The number of fused-ring (bicyclic) bond motifs is 1. The van der Waals surface area contributed by atoms with Gasteiger partial charge in [0.2, 0.25) is 5.91 Å². The number of amides is 3. The van der Waals surface area contributed by atoms with E-state index in [2.05, 4.69) is 5.32 Å². The third kappa shape index (κ3) is 3.59. The molecule has 2 aromatic rings. The van der Waals surface area contributed by atoms with Crippen molar-refractivity contribution in [1.29, 1.82) is 0 Å². The lowest BCUT2D eigenvalue weighted by molar-refractivity contribution is -0.116. The molecular weight excluding hydrogens is 372 g/mol. The second-order valence-electron chi connectivity index (χ2n) is 5.79. The molecule has 0 fully saturated rings. The highest BCUT2D eigenvalue weighted by Gasteiger charge is 2.35. The van der Waals surface area contributed by atoms with Gasteiger partial charge in [0.1, 0.15) is 11.5 Å². The largest absolute Gasteiger partial charge is 0.495 e. The van der Waals surface area contributed by atoms with Gasteiger partial charge in [0.15, 0.2) is 0 Å². The number of nitrogens with zero attached hydrogens (tertiary/aromatic N) is 1. The maximum absolute atomic E-state index is 12.3. The van der Waals surface area contributed by atoms with Gasteiger partial charge < -0.3 is 14.8 Å². The number of halogens is 1. The van der Waals surface area contributed by atoms with Crippen LogP contribution in [0.5, 0.6) is 11.5 Å². The van der Waals surface area contributed by atoms with E-state index in [1.807, 2.05) is 0 Å². The van der Waals surface area contributed by atoms with E-state index in [1.165, 1.54) is 20.3 Å². The van der Waals surface area contributed by atoms with Gasteiger partial charge in [0.05, 0.1) is 36.1 Å². The van der Waals surface area contributed by atoms with Gasteiger partial charge in [-0.15, -0.1) is 0 Å². The van der Waals surface area contributed by atoms with E-state index < -0.39 is 11.8 Å². The number of hydrogen-bond acceptors (Lipinski definition) is 5. The summed E-state index contributed by atoms with van der Waals surface area (Å²) in [6.07, 6.45) is -0.0560. The molecule has 3 rings (SSSR count). The van der Waals surface area contributed by atoms with Crippen LogP contribution in [0.1, 0.15) is 27.1 Å². The van der Waals surface area contributed by atoms with Crippen molar-refractivity contribution in [3.05, 3.63) is 52.5 Å². The quantitative estimate of drug-likeness (QED) is 0.769. The molecule has 3 amide bonds. The number of imide groups is 1. The number of ether oxygens (including phenoxy) is 2. The fraction of sp³-hybridized carbons (Fsp3) is 0.211. The molecular formula is C19H17ClN2O5. The Labute approximate surface area is 160 Å². The number of carbonyl (C=O) groups excluding carboxylic acids is 3. The van der Waals surface area contributed by atoms with Crippen LogP contribution in [0.2, 0.25) is 5.02 Å². The van der Waals surface area contributed by atoms with Crippen molar-refractivity contribution >= 4 is 35.0 Å². The van der Waals surface area contributed by atoms with Crippen LogP contribution in [0.15, 0.2) is 36.4 Å². The number of rotatable bonds is 6. The monoisotopic (exact) mass is 388 g/mol. The van der Waals surface area contributed by atoms with Crippen molar-refractivity contribution < 1.29 is 23.9 Å². The van der Waals surface area contributed by atoms with Crippen LogP contribution in [0.25, 0.3) is 0 Å². The Hall–Kier alpha value is -3.06. The summed E-state index contributed by atoms with van der Waals surface area (Å²) in [5, 5.41) is 3.03. The maximum Gasteiger partial charge on any atom is 0.261 e. The first-order valence-corrected chi connectivity index (χ1v) is 8.50. The lowest BCUT2D eigenvalue weighted by atomic mass is 10.1. The molecule has 1 aliphatic heterocycles. The predicted molar refractivity (Wildman–Crippen MR) is 99.6 cm³/mol.